The summed E-state index contributed by atoms with van der Waals surface area (Å²) < 4.78 is 44.8. The SMILES string of the molecule is C[C@H](Oc1cccc(N(S)C(=O)NC(=O)c2ccc(C(F)(F)F)cc2)c1)c1ccccc1. The van der Waals surface area contributed by atoms with E-state index in [-0.39, 0.29) is 11.7 Å². The van der Waals surface area contributed by atoms with Crippen molar-refractivity contribution >= 4 is 30.4 Å². The number of carbonyl (C=O) groups is 2. The average molecular weight is 460 g/mol. The maximum atomic E-state index is 12.7. The van der Waals surface area contributed by atoms with Gasteiger partial charge in [0.1, 0.15) is 11.9 Å². The van der Waals surface area contributed by atoms with E-state index < -0.39 is 23.7 Å². The summed E-state index contributed by atoms with van der Waals surface area (Å²) in [5.41, 5.74) is 0.323. The molecule has 0 aromatic heterocycles. The molecule has 5 nitrogen and oxygen atoms in total. The quantitative estimate of drug-likeness (QED) is 0.456. The molecule has 0 aliphatic carbocycles. The Morgan fingerprint density at radius 2 is 1.62 bits per heavy atom. The van der Waals surface area contributed by atoms with Crippen LogP contribution in [0, 0.1) is 0 Å². The number of rotatable bonds is 5. The minimum Gasteiger partial charge on any atom is -0.486 e. The highest BCUT2D eigenvalue weighted by Crippen LogP contribution is 2.29. The Hall–Kier alpha value is -3.46. The average Bonchev–Trinajstić information content (AvgIpc) is 2.78. The van der Waals surface area contributed by atoms with Crippen molar-refractivity contribution in [2.75, 3.05) is 4.31 Å². The van der Waals surface area contributed by atoms with Crippen LogP contribution in [-0.4, -0.2) is 11.9 Å². The first-order chi connectivity index (χ1) is 15.1. The zero-order chi connectivity index (χ0) is 23.3. The van der Waals surface area contributed by atoms with Gasteiger partial charge in [-0.05, 0) is 48.9 Å². The third kappa shape index (κ3) is 5.82. The Bertz CT molecular complexity index is 1090. The van der Waals surface area contributed by atoms with E-state index in [1.165, 1.54) is 0 Å². The molecule has 9 heteroatoms. The van der Waals surface area contributed by atoms with Crippen LogP contribution in [0.2, 0.25) is 0 Å². The zero-order valence-corrected chi connectivity index (χ0v) is 17.7. The second-order valence-corrected chi connectivity index (χ2v) is 7.21. The summed E-state index contributed by atoms with van der Waals surface area (Å²) in [7, 11) is 0. The molecular formula is C23H19F3N2O3S. The minimum absolute atomic E-state index is 0.0955. The van der Waals surface area contributed by atoms with Crippen LogP contribution in [-0.2, 0) is 6.18 Å². The maximum absolute atomic E-state index is 12.7. The van der Waals surface area contributed by atoms with Crippen molar-refractivity contribution in [2.45, 2.75) is 19.2 Å². The normalized spacial score (nSPS) is 12.0. The van der Waals surface area contributed by atoms with Crippen LogP contribution in [0.25, 0.3) is 0 Å². The molecule has 166 valence electrons. The molecule has 1 N–H and O–H groups in total. The van der Waals surface area contributed by atoms with E-state index >= 15 is 0 Å². The summed E-state index contributed by atoms with van der Waals surface area (Å²) in [5.74, 6) is -0.368. The van der Waals surface area contributed by atoms with Crippen LogP contribution >= 0.6 is 12.8 Å². The van der Waals surface area contributed by atoms with Gasteiger partial charge in [0.25, 0.3) is 5.91 Å². The lowest BCUT2D eigenvalue weighted by atomic mass is 10.1. The molecule has 0 aliphatic rings. The van der Waals surface area contributed by atoms with Gasteiger partial charge in [-0.3, -0.25) is 10.1 Å². The maximum Gasteiger partial charge on any atom is 0.416 e. The number of hydrogen-bond donors (Lipinski definition) is 2. The predicted molar refractivity (Wildman–Crippen MR) is 118 cm³/mol. The second kappa shape index (κ2) is 9.78. The predicted octanol–water partition coefficient (Wildman–Crippen LogP) is 6.05. The lowest BCUT2D eigenvalue weighted by Gasteiger charge is -2.19. The number of amides is 3. The molecule has 0 fully saturated rings. The molecule has 0 aliphatic heterocycles. The number of ether oxygens (including phenoxy) is 1. The van der Waals surface area contributed by atoms with Gasteiger partial charge < -0.3 is 4.74 Å². The molecule has 3 aromatic carbocycles. The molecule has 3 aromatic rings. The lowest BCUT2D eigenvalue weighted by molar-refractivity contribution is -0.137. The number of nitrogens with one attached hydrogen (secondary N) is 1. The highest BCUT2D eigenvalue weighted by molar-refractivity contribution is 7.82. The number of halogens is 3. The molecular weight excluding hydrogens is 441 g/mol. The van der Waals surface area contributed by atoms with Crippen molar-refractivity contribution in [1.29, 1.82) is 0 Å². The molecule has 0 saturated carbocycles. The molecule has 3 rings (SSSR count). The Labute approximate surface area is 188 Å². The fourth-order valence-corrected chi connectivity index (χ4v) is 3.01. The van der Waals surface area contributed by atoms with Gasteiger partial charge in [0.2, 0.25) is 0 Å². The fourth-order valence-electron chi connectivity index (χ4n) is 2.83. The summed E-state index contributed by atoms with van der Waals surface area (Å²) in [6.07, 6.45) is -4.76. The fraction of sp³-hybridized carbons (Fsp3) is 0.130. The smallest absolute Gasteiger partial charge is 0.416 e. The second-order valence-electron chi connectivity index (χ2n) is 6.81. The van der Waals surface area contributed by atoms with Crippen LogP contribution in [0.5, 0.6) is 5.75 Å². The first-order valence-corrected chi connectivity index (χ1v) is 9.88. The first kappa shape index (κ1) is 23.2. The van der Waals surface area contributed by atoms with Crippen molar-refractivity contribution in [3.8, 4) is 5.75 Å². The highest BCUT2D eigenvalue weighted by Gasteiger charge is 2.30. The van der Waals surface area contributed by atoms with Gasteiger partial charge in [0.05, 0.1) is 11.3 Å². The summed E-state index contributed by atoms with van der Waals surface area (Å²) in [6, 6.07) is 18.8. The van der Waals surface area contributed by atoms with E-state index in [4.69, 9.17) is 4.74 Å². The number of carbonyl (C=O) groups excluding carboxylic acids is 2. The van der Waals surface area contributed by atoms with Gasteiger partial charge in [-0.2, -0.15) is 13.2 Å². The largest absolute Gasteiger partial charge is 0.486 e. The monoisotopic (exact) mass is 460 g/mol. The molecule has 0 radical (unpaired) electrons. The molecule has 0 bridgehead atoms. The molecule has 3 amide bonds. The minimum atomic E-state index is -4.52. The Morgan fingerprint density at radius 3 is 2.25 bits per heavy atom. The van der Waals surface area contributed by atoms with Crippen LogP contribution in [0.4, 0.5) is 23.7 Å². The number of thiol groups is 1. The third-order valence-corrected chi connectivity index (χ3v) is 4.94. The molecule has 0 heterocycles. The van der Waals surface area contributed by atoms with E-state index in [1.807, 2.05) is 37.3 Å². The molecule has 1 atom stereocenters. The van der Waals surface area contributed by atoms with E-state index in [0.29, 0.717) is 11.4 Å². The topological polar surface area (TPSA) is 58.6 Å². The molecule has 0 spiro atoms. The van der Waals surface area contributed by atoms with Gasteiger partial charge in [-0.25, -0.2) is 9.10 Å². The van der Waals surface area contributed by atoms with Crippen molar-refractivity contribution in [3.63, 3.8) is 0 Å². The highest BCUT2D eigenvalue weighted by atomic mass is 32.1. The number of urea groups is 1. The number of imide groups is 1. The van der Waals surface area contributed by atoms with E-state index in [9.17, 15) is 22.8 Å². The van der Waals surface area contributed by atoms with Gasteiger partial charge in [-0.15, -0.1) is 0 Å². The molecule has 0 saturated heterocycles. The van der Waals surface area contributed by atoms with Crippen molar-refractivity contribution < 1.29 is 27.5 Å². The van der Waals surface area contributed by atoms with Gasteiger partial charge in [0.15, 0.2) is 0 Å². The van der Waals surface area contributed by atoms with Crippen molar-refractivity contribution in [3.05, 3.63) is 95.6 Å². The number of alkyl halides is 3. The van der Waals surface area contributed by atoms with Crippen molar-refractivity contribution in [2.24, 2.45) is 0 Å². The number of hydrogen-bond acceptors (Lipinski definition) is 4. The Morgan fingerprint density at radius 1 is 0.969 bits per heavy atom. The van der Waals surface area contributed by atoms with E-state index in [2.05, 4.69) is 18.1 Å². The first-order valence-electron chi connectivity index (χ1n) is 9.48. The van der Waals surface area contributed by atoms with Gasteiger partial charge in [-0.1, -0.05) is 49.2 Å². The summed E-state index contributed by atoms with van der Waals surface area (Å²) in [5, 5.41) is 2.09. The summed E-state index contributed by atoms with van der Waals surface area (Å²) >= 11 is 4.13. The third-order valence-electron chi connectivity index (χ3n) is 4.53. The van der Waals surface area contributed by atoms with Crippen LogP contribution < -0.4 is 14.4 Å². The van der Waals surface area contributed by atoms with Crippen LogP contribution in [0.1, 0.15) is 34.5 Å². The number of nitrogens with zero attached hydrogens (tertiary/aromatic N) is 1. The van der Waals surface area contributed by atoms with Gasteiger partial charge in [0, 0.05) is 11.6 Å². The lowest BCUT2D eigenvalue weighted by Crippen LogP contribution is -2.38. The van der Waals surface area contributed by atoms with Gasteiger partial charge >= 0.3 is 12.2 Å². The Kier molecular flexibility index (Phi) is 7.09. The number of anilines is 1. The zero-order valence-electron chi connectivity index (χ0n) is 16.8. The molecule has 0 unspecified atom stereocenters. The number of benzene rings is 3. The van der Waals surface area contributed by atoms with Crippen LogP contribution in [0.3, 0.4) is 0 Å². The van der Waals surface area contributed by atoms with Crippen LogP contribution in [0.15, 0.2) is 78.9 Å². The Balaban J connectivity index is 1.65. The summed E-state index contributed by atoms with van der Waals surface area (Å²) in [6.45, 7) is 1.88. The summed E-state index contributed by atoms with van der Waals surface area (Å²) in [4.78, 5) is 24.6. The van der Waals surface area contributed by atoms with E-state index in [0.717, 1.165) is 34.1 Å². The standard InChI is InChI=1S/C23H19F3N2O3S/c1-15(16-6-3-2-4-7-16)31-20-9-5-8-19(14-20)28(32)22(30)27-21(29)17-10-12-18(13-11-17)23(24,25)26/h2-15,32H,1H3,(H,27,29,30)/t15-/m0/s1. The molecule has 32 heavy (non-hydrogen) atoms. The van der Waals surface area contributed by atoms with E-state index in [1.54, 1.807) is 24.3 Å². The van der Waals surface area contributed by atoms with Crippen molar-refractivity contribution in [1.82, 2.24) is 5.32 Å².